The molecule has 1 aromatic carbocycles. The molecule has 1 aromatic rings. The first-order valence-electron chi connectivity index (χ1n) is 7.85. The number of carbonyl (C=O) groups is 1. The first-order valence-corrected chi connectivity index (χ1v) is 7.85. The number of amides is 1. The standard InChI is InChI=1S/C17H26N2O2/c1-14(15-7-3-2-4-8-15)19-16(21)9-12-18-17(13-20)10-5-6-11-17/h2-4,7-8,14,18,20H,5-6,9-13H2,1H3,(H,19,21)/t14-/m1/s1. The maximum atomic E-state index is 12.0. The molecule has 0 heterocycles. The molecule has 1 amide bonds. The molecule has 4 heteroatoms. The van der Waals surface area contributed by atoms with Crippen LogP contribution in [0.2, 0.25) is 0 Å². The predicted octanol–water partition coefficient (Wildman–Crippen LogP) is 2.15. The molecule has 1 fully saturated rings. The smallest absolute Gasteiger partial charge is 0.221 e. The molecule has 3 N–H and O–H groups in total. The van der Waals surface area contributed by atoms with E-state index in [-0.39, 0.29) is 24.1 Å². The summed E-state index contributed by atoms with van der Waals surface area (Å²) in [6.07, 6.45) is 4.77. The number of nitrogens with one attached hydrogen (secondary N) is 2. The minimum atomic E-state index is -0.147. The molecule has 0 saturated heterocycles. The van der Waals surface area contributed by atoms with Gasteiger partial charge in [0.1, 0.15) is 0 Å². The zero-order chi connectivity index (χ0) is 15.1. The van der Waals surface area contributed by atoms with E-state index in [0.717, 1.165) is 31.2 Å². The Kier molecular flexibility index (Phi) is 5.76. The number of hydrogen-bond donors (Lipinski definition) is 3. The SMILES string of the molecule is C[C@@H](NC(=O)CCNC1(CO)CCCC1)c1ccccc1. The summed E-state index contributed by atoms with van der Waals surface area (Å²) >= 11 is 0. The molecule has 4 nitrogen and oxygen atoms in total. The molecular weight excluding hydrogens is 264 g/mol. The highest BCUT2D eigenvalue weighted by Gasteiger charge is 2.32. The van der Waals surface area contributed by atoms with Crippen LogP contribution in [0, 0.1) is 0 Å². The van der Waals surface area contributed by atoms with Gasteiger partial charge in [0.15, 0.2) is 0 Å². The van der Waals surface area contributed by atoms with Crippen molar-refractivity contribution in [2.75, 3.05) is 13.2 Å². The first kappa shape index (κ1) is 16.0. The monoisotopic (exact) mass is 290 g/mol. The lowest BCUT2D eigenvalue weighted by Crippen LogP contribution is -2.47. The summed E-state index contributed by atoms with van der Waals surface area (Å²) in [5.74, 6) is 0.0462. The van der Waals surface area contributed by atoms with Crippen molar-refractivity contribution in [3.05, 3.63) is 35.9 Å². The molecule has 1 saturated carbocycles. The number of benzene rings is 1. The van der Waals surface area contributed by atoms with Crippen molar-refractivity contribution in [1.82, 2.24) is 10.6 Å². The third-order valence-electron chi connectivity index (χ3n) is 4.39. The van der Waals surface area contributed by atoms with Crippen molar-refractivity contribution in [1.29, 1.82) is 0 Å². The van der Waals surface area contributed by atoms with Crippen LogP contribution in [-0.2, 0) is 4.79 Å². The lowest BCUT2D eigenvalue weighted by molar-refractivity contribution is -0.121. The van der Waals surface area contributed by atoms with Crippen LogP contribution in [0.4, 0.5) is 0 Å². The van der Waals surface area contributed by atoms with Gasteiger partial charge in [-0.1, -0.05) is 43.2 Å². The van der Waals surface area contributed by atoms with Gasteiger partial charge in [-0.2, -0.15) is 0 Å². The highest BCUT2D eigenvalue weighted by Crippen LogP contribution is 2.28. The van der Waals surface area contributed by atoms with Gasteiger partial charge in [-0.3, -0.25) is 4.79 Å². The Balaban J connectivity index is 1.72. The maximum Gasteiger partial charge on any atom is 0.221 e. The zero-order valence-electron chi connectivity index (χ0n) is 12.8. The molecule has 21 heavy (non-hydrogen) atoms. The van der Waals surface area contributed by atoms with Crippen molar-refractivity contribution in [2.45, 2.75) is 50.6 Å². The van der Waals surface area contributed by atoms with E-state index >= 15 is 0 Å². The summed E-state index contributed by atoms with van der Waals surface area (Å²) in [6.45, 7) is 2.77. The molecule has 1 atom stereocenters. The molecule has 2 rings (SSSR count). The summed E-state index contributed by atoms with van der Waals surface area (Å²) < 4.78 is 0. The minimum absolute atomic E-state index is 0.0250. The molecule has 116 valence electrons. The molecule has 0 aromatic heterocycles. The zero-order valence-corrected chi connectivity index (χ0v) is 12.8. The fourth-order valence-electron chi connectivity index (χ4n) is 3.02. The van der Waals surface area contributed by atoms with Crippen LogP contribution in [-0.4, -0.2) is 29.7 Å². The van der Waals surface area contributed by atoms with Crippen molar-refractivity contribution in [3.8, 4) is 0 Å². The number of aliphatic hydroxyl groups is 1. The topological polar surface area (TPSA) is 61.4 Å². The second-order valence-electron chi connectivity index (χ2n) is 6.02. The molecule has 0 spiro atoms. The highest BCUT2D eigenvalue weighted by atomic mass is 16.3. The summed E-state index contributed by atoms with van der Waals surface area (Å²) in [7, 11) is 0. The van der Waals surface area contributed by atoms with Gasteiger partial charge in [-0.25, -0.2) is 0 Å². The van der Waals surface area contributed by atoms with Crippen LogP contribution < -0.4 is 10.6 Å². The maximum absolute atomic E-state index is 12.0. The number of rotatable bonds is 7. The largest absolute Gasteiger partial charge is 0.394 e. The van der Waals surface area contributed by atoms with Crippen molar-refractivity contribution in [3.63, 3.8) is 0 Å². The fourth-order valence-corrected chi connectivity index (χ4v) is 3.02. The lowest BCUT2D eigenvalue weighted by atomic mass is 9.99. The van der Waals surface area contributed by atoms with E-state index in [4.69, 9.17) is 0 Å². The molecule has 1 aliphatic carbocycles. The molecule has 0 radical (unpaired) electrons. The quantitative estimate of drug-likeness (QED) is 0.721. The van der Waals surface area contributed by atoms with Crippen LogP contribution in [0.15, 0.2) is 30.3 Å². The number of aliphatic hydroxyl groups excluding tert-OH is 1. The van der Waals surface area contributed by atoms with E-state index in [9.17, 15) is 9.90 Å². The summed E-state index contributed by atoms with van der Waals surface area (Å²) in [5.41, 5.74) is 0.965. The van der Waals surface area contributed by atoms with Gasteiger partial charge in [0.25, 0.3) is 0 Å². The van der Waals surface area contributed by atoms with Gasteiger partial charge in [-0.15, -0.1) is 0 Å². The Morgan fingerprint density at radius 2 is 1.95 bits per heavy atom. The predicted molar refractivity (Wildman–Crippen MR) is 83.9 cm³/mol. The third kappa shape index (κ3) is 4.55. The van der Waals surface area contributed by atoms with Crippen molar-refractivity contribution >= 4 is 5.91 Å². The number of carbonyl (C=O) groups excluding carboxylic acids is 1. The van der Waals surface area contributed by atoms with Crippen molar-refractivity contribution < 1.29 is 9.90 Å². The Morgan fingerprint density at radius 3 is 2.57 bits per heavy atom. The normalized spacial score (nSPS) is 18.4. The number of hydrogen-bond acceptors (Lipinski definition) is 3. The van der Waals surface area contributed by atoms with E-state index in [2.05, 4.69) is 10.6 Å². The first-order chi connectivity index (χ1) is 10.2. The summed E-state index contributed by atoms with van der Waals surface area (Å²) in [5, 5.41) is 15.9. The average Bonchev–Trinajstić information content (AvgIpc) is 2.97. The molecule has 1 aliphatic rings. The second kappa shape index (κ2) is 7.57. The van der Waals surface area contributed by atoms with E-state index in [1.165, 1.54) is 0 Å². The van der Waals surface area contributed by atoms with Crippen LogP contribution in [0.1, 0.15) is 50.6 Å². The Morgan fingerprint density at radius 1 is 1.29 bits per heavy atom. The Labute approximate surface area is 126 Å². The fraction of sp³-hybridized carbons (Fsp3) is 0.588. The molecule has 0 aliphatic heterocycles. The van der Waals surface area contributed by atoms with Gasteiger partial charge in [0, 0.05) is 18.5 Å². The highest BCUT2D eigenvalue weighted by molar-refractivity contribution is 5.76. The van der Waals surface area contributed by atoms with Gasteiger partial charge in [0.2, 0.25) is 5.91 Å². The van der Waals surface area contributed by atoms with Crippen LogP contribution in [0.25, 0.3) is 0 Å². The second-order valence-corrected chi connectivity index (χ2v) is 6.02. The van der Waals surface area contributed by atoms with Gasteiger partial charge < -0.3 is 15.7 Å². The molecular formula is C17H26N2O2. The van der Waals surface area contributed by atoms with Crippen LogP contribution in [0.5, 0.6) is 0 Å². The van der Waals surface area contributed by atoms with E-state index in [1.54, 1.807) is 0 Å². The molecule has 0 bridgehead atoms. The van der Waals surface area contributed by atoms with Gasteiger partial charge >= 0.3 is 0 Å². The Hall–Kier alpha value is -1.39. The van der Waals surface area contributed by atoms with Gasteiger partial charge in [-0.05, 0) is 25.3 Å². The third-order valence-corrected chi connectivity index (χ3v) is 4.39. The molecule has 0 unspecified atom stereocenters. The van der Waals surface area contributed by atoms with E-state index < -0.39 is 0 Å². The average molecular weight is 290 g/mol. The Bertz CT molecular complexity index is 441. The van der Waals surface area contributed by atoms with E-state index in [0.29, 0.717) is 13.0 Å². The lowest BCUT2D eigenvalue weighted by Gasteiger charge is -2.28. The van der Waals surface area contributed by atoms with E-state index in [1.807, 2.05) is 37.3 Å². The van der Waals surface area contributed by atoms with Gasteiger partial charge in [0.05, 0.1) is 12.6 Å². The minimum Gasteiger partial charge on any atom is -0.394 e. The van der Waals surface area contributed by atoms with Crippen LogP contribution >= 0.6 is 0 Å². The summed E-state index contributed by atoms with van der Waals surface area (Å²) in [4.78, 5) is 12.0. The van der Waals surface area contributed by atoms with Crippen LogP contribution in [0.3, 0.4) is 0 Å². The summed E-state index contributed by atoms with van der Waals surface area (Å²) in [6, 6.07) is 9.98. The van der Waals surface area contributed by atoms with Crippen molar-refractivity contribution in [2.24, 2.45) is 0 Å².